The van der Waals surface area contributed by atoms with Crippen molar-refractivity contribution in [1.29, 1.82) is 0 Å². The van der Waals surface area contributed by atoms with Crippen molar-refractivity contribution in [2.24, 2.45) is 0 Å². The molecule has 0 saturated carbocycles. The predicted molar refractivity (Wildman–Crippen MR) is 76.0 cm³/mol. The molecule has 0 N–H and O–H groups in total. The highest BCUT2D eigenvalue weighted by atomic mass is 35.5. The lowest BCUT2D eigenvalue weighted by Crippen LogP contribution is -1.96. The summed E-state index contributed by atoms with van der Waals surface area (Å²) in [6, 6.07) is 14.3. The van der Waals surface area contributed by atoms with Crippen LogP contribution in [0.2, 0.25) is 0 Å². The molecule has 3 rings (SSSR count). The van der Waals surface area contributed by atoms with Crippen LogP contribution in [0.1, 0.15) is 22.1 Å². The second kappa shape index (κ2) is 5.14. The summed E-state index contributed by atoms with van der Waals surface area (Å²) in [6.45, 7) is 2.38. The highest BCUT2D eigenvalue weighted by Gasteiger charge is 2.16. The maximum absolute atomic E-state index is 6.49. The fourth-order valence-electron chi connectivity index (χ4n) is 2.16. The molecule has 1 unspecified atom stereocenters. The minimum atomic E-state index is -0.0581. The summed E-state index contributed by atoms with van der Waals surface area (Å²) < 4.78 is 10.7. The SMILES string of the molecule is Cc1ccc(CC(Cl)c2ccc3c(c2)OCO3)cc1. The Labute approximate surface area is 117 Å². The van der Waals surface area contributed by atoms with Gasteiger partial charge in [0.1, 0.15) is 0 Å². The van der Waals surface area contributed by atoms with Crippen LogP contribution in [0.25, 0.3) is 0 Å². The molecule has 0 aliphatic carbocycles. The van der Waals surface area contributed by atoms with Gasteiger partial charge >= 0.3 is 0 Å². The monoisotopic (exact) mass is 274 g/mol. The van der Waals surface area contributed by atoms with Crippen LogP contribution >= 0.6 is 11.6 Å². The highest BCUT2D eigenvalue weighted by molar-refractivity contribution is 6.21. The number of alkyl halides is 1. The van der Waals surface area contributed by atoms with Crippen LogP contribution in [0.15, 0.2) is 42.5 Å². The molecule has 19 heavy (non-hydrogen) atoms. The van der Waals surface area contributed by atoms with E-state index in [1.807, 2.05) is 18.2 Å². The van der Waals surface area contributed by atoms with Gasteiger partial charge in [-0.2, -0.15) is 0 Å². The Kier molecular flexibility index (Phi) is 3.34. The molecule has 0 aromatic heterocycles. The van der Waals surface area contributed by atoms with Crippen LogP contribution in [0, 0.1) is 6.92 Å². The maximum atomic E-state index is 6.49. The van der Waals surface area contributed by atoms with E-state index in [1.54, 1.807) is 0 Å². The lowest BCUT2D eigenvalue weighted by atomic mass is 10.0. The van der Waals surface area contributed by atoms with Gasteiger partial charge in [-0.05, 0) is 36.6 Å². The molecule has 2 nitrogen and oxygen atoms in total. The Hall–Kier alpha value is -1.67. The second-order valence-electron chi connectivity index (χ2n) is 4.77. The molecule has 0 bridgehead atoms. The van der Waals surface area contributed by atoms with Crippen LogP contribution in [0.4, 0.5) is 0 Å². The van der Waals surface area contributed by atoms with Gasteiger partial charge in [-0.15, -0.1) is 11.6 Å². The summed E-state index contributed by atoms with van der Waals surface area (Å²) in [5, 5.41) is -0.0581. The van der Waals surface area contributed by atoms with Crippen molar-refractivity contribution < 1.29 is 9.47 Å². The number of fused-ring (bicyclic) bond motifs is 1. The molecule has 1 aliphatic heterocycles. The molecule has 0 fully saturated rings. The van der Waals surface area contributed by atoms with Gasteiger partial charge in [-0.3, -0.25) is 0 Å². The quantitative estimate of drug-likeness (QED) is 0.779. The Morgan fingerprint density at radius 2 is 1.79 bits per heavy atom. The van der Waals surface area contributed by atoms with E-state index in [4.69, 9.17) is 21.1 Å². The topological polar surface area (TPSA) is 18.5 Å². The van der Waals surface area contributed by atoms with Crippen LogP contribution in [0.5, 0.6) is 11.5 Å². The molecule has 1 aliphatic rings. The highest BCUT2D eigenvalue weighted by Crippen LogP contribution is 2.36. The Balaban J connectivity index is 1.76. The molecule has 3 heteroatoms. The summed E-state index contributed by atoms with van der Waals surface area (Å²) in [5.74, 6) is 1.58. The van der Waals surface area contributed by atoms with E-state index >= 15 is 0 Å². The van der Waals surface area contributed by atoms with Gasteiger partial charge < -0.3 is 9.47 Å². The fourth-order valence-corrected chi connectivity index (χ4v) is 2.47. The fraction of sp³-hybridized carbons (Fsp3) is 0.250. The number of aryl methyl sites for hydroxylation is 1. The third kappa shape index (κ3) is 2.69. The third-order valence-electron chi connectivity index (χ3n) is 3.29. The van der Waals surface area contributed by atoms with Gasteiger partial charge in [0.05, 0.1) is 5.38 Å². The van der Waals surface area contributed by atoms with Crippen molar-refractivity contribution in [2.75, 3.05) is 6.79 Å². The maximum Gasteiger partial charge on any atom is 0.231 e. The third-order valence-corrected chi connectivity index (χ3v) is 3.70. The minimum Gasteiger partial charge on any atom is -0.454 e. The minimum absolute atomic E-state index is 0.0581. The van der Waals surface area contributed by atoms with E-state index in [2.05, 4.69) is 31.2 Å². The number of halogens is 1. The first-order valence-corrected chi connectivity index (χ1v) is 6.75. The molecule has 0 saturated heterocycles. The predicted octanol–water partition coefficient (Wildman–Crippen LogP) is 4.25. The molecule has 0 radical (unpaired) electrons. The van der Waals surface area contributed by atoms with Crippen molar-refractivity contribution in [3.8, 4) is 11.5 Å². The summed E-state index contributed by atoms with van der Waals surface area (Å²) in [5.41, 5.74) is 3.56. The molecular formula is C16H15ClO2. The van der Waals surface area contributed by atoms with E-state index < -0.39 is 0 Å². The van der Waals surface area contributed by atoms with Gasteiger partial charge in [-0.25, -0.2) is 0 Å². The average Bonchev–Trinajstić information content (AvgIpc) is 2.88. The van der Waals surface area contributed by atoms with Crippen LogP contribution < -0.4 is 9.47 Å². The number of rotatable bonds is 3. The van der Waals surface area contributed by atoms with Gasteiger partial charge in [-0.1, -0.05) is 35.9 Å². The van der Waals surface area contributed by atoms with Gasteiger partial charge in [0, 0.05) is 0 Å². The van der Waals surface area contributed by atoms with Gasteiger partial charge in [0.25, 0.3) is 0 Å². The summed E-state index contributed by atoms with van der Waals surface area (Å²) in [6.07, 6.45) is 0.807. The molecular weight excluding hydrogens is 260 g/mol. The molecule has 0 amide bonds. The van der Waals surface area contributed by atoms with Gasteiger partial charge in [0.2, 0.25) is 6.79 Å². The molecule has 2 aromatic rings. The summed E-state index contributed by atoms with van der Waals surface area (Å²) in [7, 11) is 0. The van der Waals surface area contributed by atoms with E-state index in [-0.39, 0.29) is 5.38 Å². The number of benzene rings is 2. The largest absolute Gasteiger partial charge is 0.454 e. The Morgan fingerprint density at radius 3 is 2.58 bits per heavy atom. The summed E-state index contributed by atoms with van der Waals surface area (Å²) >= 11 is 6.49. The molecule has 1 heterocycles. The van der Waals surface area contributed by atoms with Crippen molar-refractivity contribution in [2.45, 2.75) is 18.7 Å². The lowest BCUT2D eigenvalue weighted by Gasteiger charge is -2.11. The number of hydrogen-bond acceptors (Lipinski definition) is 2. The molecule has 98 valence electrons. The van der Waals surface area contributed by atoms with Crippen LogP contribution in [0.3, 0.4) is 0 Å². The van der Waals surface area contributed by atoms with E-state index in [0.29, 0.717) is 6.79 Å². The Morgan fingerprint density at radius 1 is 1.05 bits per heavy atom. The average molecular weight is 275 g/mol. The smallest absolute Gasteiger partial charge is 0.231 e. The van der Waals surface area contributed by atoms with E-state index in [9.17, 15) is 0 Å². The second-order valence-corrected chi connectivity index (χ2v) is 5.30. The standard InChI is InChI=1S/C16H15ClO2/c1-11-2-4-12(5-3-11)8-14(17)13-6-7-15-16(9-13)19-10-18-15/h2-7,9,14H,8,10H2,1H3. The zero-order valence-electron chi connectivity index (χ0n) is 10.7. The first kappa shape index (κ1) is 12.4. The van der Waals surface area contributed by atoms with Gasteiger partial charge in [0.15, 0.2) is 11.5 Å². The van der Waals surface area contributed by atoms with Crippen LogP contribution in [-0.2, 0) is 6.42 Å². The number of ether oxygens (including phenoxy) is 2. The van der Waals surface area contributed by atoms with Crippen LogP contribution in [-0.4, -0.2) is 6.79 Å². The number of hydrogen-bond donors (Lipinski definition) is 0. The molecule has 1 atom stereocenters. The van der Waals surface area contributed by atoms with Crippen molar-refractivity contribution in [3.05, 3.63) is 59.2 Å². The first-order valence-electron chi connectivity index (χ1n) is 6.31. The van der Waals surface area contributed by atoms with E-state index in [0.717, 1.165) is 23.5 Å². The molecule has 2 aromatic carbocycles. The summed E-state index contributed by atoms with van der Waals surface area (Å²) in [4.78, 5) is 0. The normalized spacial score (nSPS) is 14.4. The van der Waals surface area contributed by atoms with Crippen molar-refractivity contribution >= 4 is 11.6 Å². The zero-order chi connectivity index (χ0) is 13.2. The lowest BCUT2D eigenvalue weighted by molar-refractivity contribution is 0.174. The van der Waals surface area contributed by atoms with Crippen molar-refractivity contribution in [3.63, 3.8) is 0 Å². The zero-order valence-corrected chi connectivity index (χ0v) is 11.5. The van der Waals surface area contributed by atoms with Crippen molar-refractivity contribution in [1.82, 2.24) is 0 Å². The first-order chi connectivity index (χ1) is 9.22. The van der Waals surface area contributed by atoms with E-state index in [1.165, 1.54) is 11.1 Å². The Bertz CT molecular complexity index is 578. The molecule has 0 spiro atoms.